The summed E-state index contributed by atoms with van der Waals surface area (Å²) in [6.45, 7) is 3.32. The highest BCUT2D eigenvalue weighted by molar-refractivity contribution is 6.42. The topological polar surface area (TPSA) is 158 Å². The summed E-state index contributed by atoms with van der Waals surface area (Å²) >= 11 is 11.7. The fraction of sp³-hybridized carbons (Fsp3) is 0.278. The van der Waals surface area contributed by atoms with Gasteiger partial charge in [0.1, 0.15) is 17.9 Å². The zero-order valence-corrected chi connectivity index (χ0v) is 18.4. The Balaban J connectivity index is 1.51. The quantitative estimate of drug-likeness (QED) is 0.281. The molecule has 0 atom stereocenters. The number of rotatable bonds is 8. The third kappa shape index (κ3) is 5.21. The molecule has 0 saturated heterocycles. The minimum atomic E-state index is -0.633. The first-order chi connectivity index (χ1) is 15.2. The largest absolute Gasteiger partial charge is 0.350 e. The van der Waals surface area contributed by atoms with E-state index in [-0.39, 0.29) is 53.7 Å². The second-order valence-corrected chi connectivity index (χ2v) is 7.41. The lowest BCUT2D eigenvalue weighted by molar-refractivity contribution is -0.386. The van der Waals surface area contributed by atoms with Crippen LogP contribution in [-0.4, -0.2) is 49.7 Å². The van der Waals surface area contributed by atoms with Crippen molar-refractivity contribution in [3.63, 3.8) is 0 Å². The van der Waals surface area contributed by atoms with Crippen LogP contribution in [0.15, 0.2) is 22.7 Å². The summed E-state index contributed by atoms with van der Waals surface area (Å²) in [7, 11) is 0. The molecule has 3 aromatic rings. The lowest BCUT2D eigenvalue weighted by atomic mass is 10.2. The Labute approximate surface area is 191 Å². The van der Waals surface area contributed by atoms with Crippen molar-refractivity contribution in [1.29, 1.82) is 0 Å². The maximum absolute atomic E-state index is 12.2. The Morgan fingerprint density at radius 2 is 1.84 bits per heavy atom. The van der Waals surface area contributed by atoms with Gasteiger partial charge in [0.2, 0.25) is 0 Å². The number of hydrogen-bond donors (Lipinski definition) is 2. The van der Waals surface area contributed by atoms with E-state index in [4.69, 9.17) is 27.7 Å². The van der Waals surface area contributed by atoms with Gasteiger partial charge >= 0.3 is 17.5 Å². The Morgan fingerprint density at radius 1 is 1.16 bits per heavy atom. The zero-order valence-electron chi connectivity index (χ0n) is 16.9. The molecule has 0 aliphatic heterocycles. The third-order valence-corrected chi connectivity index (χ3v) is 5.10. The molecule has 32 heavy (non-hydrogen) atoms. The zero-order chi connectivity index (χ0) is 23.4. The molecule has 12 nitrogen and oxygen atoms in total. The molecule has 3 rings (SSSR count). The van der Waals surface area contributed by atoms with Crippen molar-refractivity contribution in [1.82, 2.24) is 30.6 Å². The first kappa shape index (κ1) is 23.2. The number of aryl methyl sites for hydroxylation is 1. The molecule has 0 saturated carbocycles. The van der Waals surface area contributed by atoms with Crippen LogP contribution in [-0.2, 0) is 6.54 Å². The normalized spacial score (nSPS) is 10.8. The Hall–Kier alpha value is -3.51. The predicted octanol–water partition coefficient (Wildman–Crippen LogP) is 2.31. The Morgan fingerprint density at radius 3 is 2.47 bits per heavy atom. The number of halogens is 2. The number of nitrogens with one attached hydrogen (secondary N) is 2. The standard InChI is InChI=1S/C18H17Cl2N7O5/c1-9-15(27(30)31)10(2)26(24-9)8-14-23-18(32-25-14)17(29)22-6-5-21-16(28)11-3-4-12(19)13(20)7-11/h3-4,7H,5-6,8H2,1-2H3,(H,21,28)(H,22,29). The van der Waals surface area contributed by atoms with E-state index in [2.05, 4.69) is 25.9 Å². The number of aromatic nitrogens is 4. The highest BCUT2D eigenvalue weighted by atomic mass is 35.5. The summed E-state index contributed by atoms with van der Waals surface area (Å²) in [6, 6.07) is 4.48. The molecule has 0 bridgehead atoms. The summed E-state index contributed by atoms with van der Waals surface area (Å²) in [5.41, 5.74) is 0.837. The van der Waals surface area contributed by atoms with Gasteiger partial charge in [-0.25, -0.2) is 0 Å². The average molecular weight is 482 g/mol. The molecule has 0 spiro atoms. The van der Waals surface area contributed by atoms with Crippen molar-refractivity contribution in [2.45, 2.75) is 20.4 Å². The minimum absolute atomic E-state index is 0.00297. The molecule has 2 aromatic heterocycles. The Bertz CT molecular complexity index is 1190. The molecular formula is C18H17Cl2N7O5. The third-order valence-electron chi connectivity index (χ3n) is 4.36. The minimum Gasteiger partial charge on any atom is -0.350 e. The summed E-state index contributed by atoms with van der Waals surface area (Å²) in [5.74, 6) is -1.17. The van der Waals surface area contributed by atoms with Crippen LogP contribution >= 0.6 is 23.2 Å². The number of carbonyl (C=O) groups excluding carboxylic acids is 2. The number of nitro groups is 1. The lowest BCUT2D eigenvalue weighted by Crippen LogP contribution is -2.34. The molecule has 2 heterocycles. The van der Waals surface area contributed by atoms with E-state index in [0.29, 0.717) is 16.3 Å². The van der Waals surface area contributed by atoms with Gasteiger partial charge in [0.15, 0.2) is 5.82 Å². The number of hydrogen-bond acceptors (Lipinski definition) is 8. The van der Waals surface area contributed by atoms with Gasteiger partial charge in [-0.3, -0.25) is 24.4 Å². The second kappa shape index (κ2) is 9.75. The van der Waals surface area contributed by atoms with Crippen molar-refractivity contribution < 1.29 is 19.0 Å². The van der Waals surface area contributed by atoms with Crippen molar-refractivity contribution in [2.24, 2.45) is 0 Å². The molecule has 0 fully saturated rings. The van der Waals surface area contributed by atoms with Gasteiger partial charge in [-0.05, 0) is 32.0 Å². The number of benzene rings is 1. The van der Waals surface area contributed by atoms with E-state index in [9.17, 15) is 19.7 Å². The molecule has 1 aromatic carbocycles. The molecule has 168 valence electrons. The van der Waals surface area contributed by atoms with Crippen LogP contribution in [0.4, 0.5) is 5.69 Å². The Kier molecular flexibility index (Phi) is 7.05. The van der Waals surface area contributed by atoms with Crippen LogP contribution < -0.4 is 10.6 Å². The molecule has 2 amide bonds. The number of nitrogens with zero attached hydrogens (tertiary/aromatic N) is 5. The van der Waals surface area contributed by atoms with Crippen molar-refractivity contribution >= 4 is 40.7 Å². The van der Waals surface area contributed by atoms with E-state index < -0.39 is 10.8 Å². The smallest absolute Gasteiger partial charge is 0.316 e. The van der Waals surface area contributed by atoms with Crippen LogP contribution in [0.2, 0.25) is 10.0 Å². The molecular weight excluding hydrogens is 465 g/mol. The summed E-state index contributed by atoms with van der Waals surface area (Å²) in [6.07, 6.45) is 0. The molecule has 2 N–H and O–H groups in total. The van der Waals surface area contributed by atoms with Crippen LogP contribution in [0.25, 0.3) is 0 Å². The van der Waals surface area contributed by atoms with Gasteiger partial charge in [-0.2, -0.15) is 10.1 Å². The van der Waals surface area contributed by atoms with Gasteiger partial charge < -0.3 is 15.2 Å². The summed E-state index contributed by atoms with van der Waals surface area (Å²) in [5, 5.41) is 24.6. The predicted molar refractivity (Wildman–Crippen MR) is 113 cm³/mol. The van der Waals surface area contributed by atoms with E-state index >= 15 is 0 Å². The number of amides is 2. The van der Waals surface area contributed by atoms with Crippen LogP contribution in [0.3, 0.4) is 0 Å². The lowest BCUT2D eigenvalue weighted by Gasteiger charge is -2.06. The molecule has 0 unspecified atom stereocenters. The van der Waals surface area contributed by atoms with Crippen LogP contribution in [0, 0.1) is 24.0 Å². The molecule has 14 heteroatoms. The van der Waals surface area contributed by atoms with Gasteiger partial charge in [-0.1, -0.05) is 28.4 Å². The highest BCUT2D eigenvalue weighted by Gasteiger charge is 2.23. The first-order valence-electron chi connectivity index (χ1n) is 9.19. The maximum atomic E-state index is 12.2. The summed E-state index contributed by atoms with van der Waals surface area (Å²) in [4.78, 5) is 38.8. The van der Waals surface area contributed by atoms with Crippen molar-refractivity contribution in [3.8, 4) is 0 Å². The fourth-order valence-corrected chi connectivity index (χ4v) is 3.12. The maximum Gasteiger partial charge on any atom is 0.316 e. The van der Waals surface area contributed by atoms with Crippen LogP contribution in [0.1, 0.15) is 38.3 Å². The van der Waals surface area contributed by atoms with Crippen LogP contribution in [0.5, 0.6) is 0 Å². The van der Waals surface area contributed by atoms with Gasteiger partial charge in [0, 0.05) is 18.7 Å². The van der Waals surface area contributed by atoms with E-state index in [1.54, 1.807) is 6.92 Å². The SMILES string of the molecule is Cc1nn(Cc2noc(C(=O)NCCNC(=O)c3ccc(Cl)c(Cl)c3)n2)c(C)c1[N+](=O)[O-]. The molecule has 0 aliphatic carbocycles. The molecule has 0 aliphatic rings. The van der Waals surface area contributed by atoms with E-state index in [1.807, 2.05) is 0 Å². The van der Waals surface area contributed by atoms with Gasteiger partial charge in [0.05, 0.1) is 15.0 Å². The van der Waals surface area contributed by atoms with E-state index in [1.165, 1.54) is 29.8 Å². The average Bonchev–Trinajstić information content (AvgIpc) is 3.31. The molecule has 0 radical (unpaired) electrons. The van der Waals surface area contributed by atoms with Gasteiger partial charge in [0.25, 0.3) is 5.91 Å². The second-order valence-electron chi connectivity index (χ2n) is 6.59. The van der Waals surface area contributed by atoms with Crippen molar-refractivity contribution in [2.75, 3.05) is 13.1 Å². The van der Waals surface area contributed by atoms with Crippen molar-refractivity contribution in [3.05, 3.63) is 67.0 Å². The summed E-state index contributed by atoms with van der Waals surface area (Å²) < 4.78 is 6.29. The fourth-order valence-electron chi connectivity index (χ4n) is 2.82. The van der Waals surface area contributed by atoms with E-state index in [0.717, 1.165) is 0 Å². The number of carbonyl (C=O) groups is 2. The monoisotopic (exact) mass is 481 g/mol. The highest BCUT2D eigenvalue weighted by Crippen LogP contribution is 2.23. The van der Waals surface area contributed by atoms with Gasteiger partial charge in [-0.15, -0.1) is 0 Å². The first-order valence-corrected chi connectivity index (χ1v) is 9.95.